The molecule has 1 N–H and O–H groups in total. The van der Waals surface area contributed by atoms with Crippen molar-refractivity contribution in [2.45, 2.75) is 0 Å². The van der Waals surface area contributed by atoms with Crippen LogP contribution in [0.1, 0.15) is 10.4 Å². The molecule has 0 saturated heterocycles. The molecule has 1 amide bonds. The molecule has 0 unspecified atom stereocenters. The number of nitrogens with one attached hydrogen (secondary N) is 1. The fourth-order valence-electron chi connectivity index (χ4n) is 2.93. The van der Waals surface area contributed by atoms with Crippen LogP contribution in [-0.2, 0) is 0 Å². The summed E-state index contributed by atoms with van der Waals surface area (Å²) in [5.74, 6) is 1.13. The summed E-state index contributed by atoms with van der Waals surface area (Å²) in [4.78, 5) is 19.0. The summed E-state index contributed by atoms with van der Waals surface area (Å²) >= 11 is 0. The molecule has 0 saturated carbocycles. The first-order valence-corrected chi connectivity index (χ1v) is 8.52. The lowest BCUT2D eigenvalue weighted by molar-refractivity contribution is 0.102. The molecule has 0 atom stereocenters. The number of nitrogens with zero attached hydrogens (tertiary/aromatic N) is 3. The number of benzene rings is 2. The summed E-state index contributed by atoms with van der Waals surface area (Å²) in [7, 11) is 3.76. The van der Waals surface area contributed by atoms with Crippen LogP contribution in [0.4, 0.5) is 11.5 Å². The van der Waals surface area contributed by atoms with Gasteiger partial charge in [0, 0.05) is 31.4 Å². The van der Waals surface area contributed by atoms with Crippen molar-refractivity contribution in [3.8, 4) is 11.3 Å². The van der Waals surface area contributed by atoms with Gasteiger partial charge in [-0.2, -0.15) is 0 Å². The highest BCUT2D eigenvalue weighted by Crippen LogP contribution is 2.29. The molecular formula is C21H18N4O2. The van der Waals surface area contributed by atoms with Crippen LogP contribution in [0, 0.1) is 0 Å². The largest absolute Gasteiger partial charge is 0.361 e. The van der Waals surface area contributed by atoms with Crippen LogP contribution in [0.3, 0.4) is 0 Å². The molecule has 4 rings (SSSR count). The Morgan fingerprint density at radius 2 is 1.85 bits per heavy atom. The van der Waals surface area contributed by atoms with Crippen LogP contribution in [0.5, 0.6) is 0 Å². The normalized spacial score (nSPS) is 10.7. The molecule has 6 heteroatoms. The quantitative estimate of drug-likeness (QED) is 0.592. The molecular weight excluding hydrogens is 340 g/mol. The van der Waals surface area contributed by atoms with Crippen LogP contribution in [-0.4, -0.2) is 30.1 Å². The molecule has 0 aliphatic carbocycles. The van der Waals surface area contributed by atoms with E-state index in [-0.39, 0.29) is 5.91 Å². The zero-order valence-corrected chi connectivity index (χ0v) is 15.0. The average Bonchev–Trinajstić information content (AvgIpc) is 3.12. The maximum absolute atomic E-state index is 12.8. The van der Waals surface area contributed by atoms with E-state index in [1.54, 1.807) is 30.5 Å². The van der Waals surface area contributed by atoms with Crippen LogP contribution in [0.15, 0.2) is 71.4 Å². The molecule has 0 radical (unpaired) electrons. The fourth-order valence-corrected chi connectivity index (χ4v) is 2.93. The number of carbonyl (C=O) groups is 1. The molecule has 2 heterocycles. The SMILES string of the molecule is CN(C)c1ncccc1NC(=O)c1ccc2noc(-c3ccccc3)c2c1. The van der Waals surface area contributed by atoms with Crippen molar-refractivity contribution in [3.05, 3.63) is 72.4 Å². The van der Waals surface area contributed by atoms with Gasteiger partial charge in [0.1, 0.15) is 5.52 Å². The third-order valence-electron chi connectivity index (χ3n) is 4.23. The van der Waals surface area contributed by atoms with E-state index >= 15 is 0 Å². The third kappa shape index (κ3) is 3.25. The maximum Gasteiger partial charge on any atom is 0.255 e. The monoisotopic (exact) mass is 358 g/mol. The highest BCUT2D eigenvalue weighted by molar-refractivity contribution is 6.08. The molecule has 0 bridgehead atoms. The Hall–Kier alpha value is -3.67. The third-order valence-corrected chi connectivity index (χ3v) is 4.23. The van der Waals surface area contributed by atoms with Crippen LogP contribution < -0.4 is 10.2 Å². The molecule has 27 heavy (non-hydrogen) atoms. The first-order valence-electron chi connectivity index (χ1n) is 8.52. The number of carbonyl (C=O) groups excluding carboxylic acids is 1. The number of rotatable bonds is 4. The molecule has 0 aliphatic rings. The van der Waals surface area contributed by atoms with Crippen LogP contribution in [0.2, 0.25) is 0 Å². The first-order chi connectivity index (χ1) is 13.1. The molecule has 0 aliphatic heterocycles. The topological polar surface area (TPSA) is 71.3 Å². The Morgan fingerprint density at radius 3 is 2.63 bits per heavy atom. The van der Waals surface area contributed by atoms with Gasteiger partial charge in [0.25, 0.3) is 5.91 Å². The van der Waals surface area contributed by atoms with E-state index in [0.29, 0.717) is 28.3 Å². The van der Waals surface area contributed by atoms with E-state index in [0.717, 1.165) is 10.9 Å². The molecule has 134 valence electrons. The minimum Gasteiger partial charge on any atom is -0.361 e. The lowest BCUT2D eigenvalue weighted by atomic mass is 10.1. The molecule has 2 aromatic carbocycles. The van der Waals surface area contributed by atoms with Crippen molar-refractivity contribution in [1.29, 1.82) is 0 Å². The number of fused-ring (bicyclic) bond motifs is 1. The van der Waals surface area contributed by atoms with E-state index in [1.165, 1.54) is 0 Å². The van der Waals surface area contributed by atoms with Gasteiger partial charge in [-0.25, -0.2) is 4.98 Å². The number of amides is 1. The molecule has 0 spiro atoms. The predicted molar refractivity (Wildman–Crippen MR) is 106 cm³/mol. The first kappa shape index (κ1) is 16.8. The van der Waals surface area contributed by atoms with Gasteiger partial charge in [0.2, 0.25) is 0 Å². The van der Waals surface area contributed by atoms with Gasteiger partial charge in [0.15, 0.2) is 11.6 Å². The Labute approximate surface area is 156 Å². The number of anilines is 2. The zero-order chi connectivity index (χ0) is 18.8. The lowest BCUT2D eigenvalue weighted by Crippen LogP contribution is -2.17. The summed E-state index contributed by atoms with van der Waals surface area (Å²) in [6.45, 7) is 0. The highest BCUT2D eigenvalue weighted by atomic mass is 16.5. The standard InChI is InChI=1S/C21H18N4O2/c1-25(2)20-18(9-6-12-22-20)23-21(26)15-10-11-17-16(13-15)19(27-24-17)14-7-4-3-5-8-14/h3-13H,1-2H3,(H,23,26). The van der Waals surface area contributed by atoms with E-state index in [2.05, 4.69) is 15.5 Å². The minimum atomic E-state index is -0.215. The average molecular weight is 358 g/mol. The van der Waals surface area contributed by atoms with Crippen molar-refractivity contribution in [3.63, 3.8) is 0 Å². The predicted octanol–water partition coefficient (Wildman–Crippen LogP) is 4.21. The molecule has 0 fully saturated rings. The molecule has 4 aromatic rings. The highest BCUT2D eigenvalue weighted by Gasteiger charge is 2.15. The second kappa shape index (κ2) is 6.92. The van der Waals surface area contributed by atoms with Gasteiger partial charge in [-0.3, -0.25) is 4.79 Å². The van der Waals surface area contributed by atoms with Gasteiger partial charge >= 0.3 is 0 Å². The maximum atomic E-state index is 12.8. The fraction of sp³-hybridized carbons (Fsp3) is 0.0952. The minimum absolute atomic E-state index is 0.215. The summed E-state index contributed by atoms with van der Waals surface area (Å²) in [5, 5.41) is 7.82. The molecule has 2 aromatic heterocycles. The van der Waals surface area contributed by atoms with Gasteiger partial charge < -0.3 is 14.7 Å². The van der Waals surface area contributed by atoms with E-state index in [9.17, 15) is 4.79 Å². The summed E-state index contributed by atoms with van der Waals surface area (Å²) in [6, 6.07) is 18.7. The van der Waals surface area contributed by atoms with Crippen LogP contribution >= 0.6 is 0 Å². The zero-order valence-electron chi connectivity index (χ0n) is 15.0. The van der Waals surface area contributed by atoms with Crippen molar-refractivity contribution < 1.29 is 9.32 Å². The Bertz CT molecular complexity index is 1100. The lowest BCUT2D eigenvalue weighted by Gasteiger charge is -2.16. The van der Waals surface area contributed by atoms with E-state index in [4.69, 9.17) is 4.52 Å². The second-order valence-corrected chi connectivity index (χ2v) is 6.33. The van der Waals surface area contributed by atoms with Crippen LogP contribution in [0.25, 0.3) is 22.2 Å². The summed E-state index contributed by atoms with van der Waals surface area (Å²) in [6.07, 6.45) is 1.69. The van der Waals surface area contributed by atoms with Crippen molar-refractivity contribution in [2.24, 2.45) is 0 Å². The Balaban J connectivity index is 1.69. The van der Waals surface area contributed by atoms with Crippen molar-refractivity contribution >= 4 is 28.3 Å². The van der Waals surface area contributed by atoms with E-state index < -0.39 is 0 Å². The summed E-state index contributed by atoms with van der Waals surface area (Å²) in [5.41, 5.74) is 2.80. The van der Waals surface area contributed by atoms with Gasteiger partial charge in [0.05, 0.1) is 11.1 Å². The Kier molecular flexibility index (Phi) is 4.30. The van der Waals surface area contributed by atoms with Crippen molar-refractivity contribution in [2.75, 3.05) is 24.3 Å². The Morgan fingerprint density at radius 1 is 1.04 bits per heavy atom. The second-order valence-electron chi connectivity index (χ2n) is 6.33. The molecule has 6 nitrogen and oxygen atoms in total. The smallest absolute Gasteiger partial charge is 0.255 e. The van der Waals surface area contributed by atoms with Gasteiger partial charge in [-0.05, 0) is 30.3 Å². The summed E-state index contributed by atoms with van der Waals surface area (Å²) < 4.78 is 5.51. The van der Waals surface area contributed by atoms with Gasteiger partial charge in [-0.15, -0.1) is 0 Å². The number of pyridine rings is 1. The van der Waals surface area contributed by atoms with E-state index in [1.807, 2.05) is 55.4 Å². The number of aromatic nitrogens is 2. The number of hydrogen-bond donors (Lipinski definition) is 1. The van der Waals surface area contributed by atoms with Crippen molar-refractivity contribution in [1.82, 2.24) is 10.1 Å². The van der Waals surface area contributed by atoms with Gasteiger partial charge in [-0.1, -0.05) is 35.5 Å². The number of hydrogen-bond acceptors (Lipinski definition) is 5.